The lowest BCUT2D eigenvalue weighted by atomic mass is 9.91. The first-order valence-corrected chi connectivity index (χ1v) is 12.0. The summed E-state index contributed by atoms with van der Waals surface area (Å²) in [6.45, 7) is 5.17. The quantitative estimate of drug-likeness (QED) is 0.632. The summed E-state index contributed by atoms with van der Waals surface area (Å²) in [5.74, 6) is 0.862. The van der Waals surface area contributed by atoms with Crippen LogP contribution in [0.4, 0.5) is 10.5 Å². The molecule has 182 valence electrons. The maximum atomic E-state index is 12.7. The Morgan fingerprint density at radius 2 is 1.53 bits per heavy atom. The number of hydrogen-bond acceptors (Lipinski definition) is 6. The number of piperazine rings is 1. The first-order chi connectivity index (χ1) is 16.6. The van der Waals surface area contributed by atoms with Gasteiger partial charge in [-0.15, -0.1) is 0 Å². The third-order valence-corrected chi connectivity index (χ3v) is 6.59. The van der Waals surface area contributed by atoms with E-state index in [1.54, 1.807) is 24.3 Å². The smallest absolute Gasteiger partial charge is 0.343 e. The average molecular weight is 467 g/mol. The third-order valence-electron chi connectivity index (χ3n) is 6.59. The molecule has 2 aliphatic heterocycles. The number of anilines is 1. The molecule has 0 aliphatic carbocycles. The molecule has 0 saturated carbocycles. The van der Waals surface area contributed by atoms with Gasteiger partial charge >= 0.3 is 12.0 Å². The van der Waals surface area contributed by atoms with Crippen LogP contribution in [0.2, 0.25) is 0 Å². The van der Waals surface area contributed by atoms with Gasteiger partial charge in [0.1, 0.15) is 5.75 Å². The standard InChI is InChI=1S/C26H34N4O4/c1-33-25(31)20-34-24-9-7-23(8-10-24)27-26(32)28-15-17-30(18-16-28)29-13-11-22(12-14-29)19-21-5-3-2-4-6-21/h2-10,22H,11-20H2,1H3,(H,27,32). The second kappa shape index (κ2) is 11.9. The summed E-state index contributed by atoms with van der Waals surface area (Å²) in [5.41, 5.74) is 2.13. The van der Waals surface area contributed by atoms with Crippen molar-refractivity contribution in [3.63, 3.8) is 0 Å². The van der Waals surface area contributed by atoms with Crippen molar-refractivity contribution in [1.82, 2.24) is 14.9 Å². The normalized spacial score (nSPS) is 17.9. The topological polar surface area (TPSA) is 74.3 Å². The SMILES string of the molecule is COC(=O)COc1ccc(NC(=O)N2CCN(N3CCC(Cc4ccccc4)CC3)CC2)cc1. The highest BCUT2D eigenvalue weighted by molar-refractivity contribution is 5.89. The molecule has 0 spiro atoms. The summed E-state index contributed by atoms with van der Waals surface area (Å²) in [6, 6.07) is 17.6. The van der Waals surface area contributed by atoms with Crippen LogP contribution in [-0.4, -0.2) is 79.9 Å². The lowest BCUT2D eigenvalue weighted by molar-refractivity contribution is -0.142. The molecule has 0 aromatic heterocycles. The molecule has 34 heavy (non-hydrogen) atoms. The molecule has 2 heterocycles. The minimum atomic E-state index is -0.437. The molecule has 2 aromatic rings. The van der Waals surface area contributed by atoms with Crippen LogP contribution in [-0.2, 0) is 16.0 Å². The van der Waals surface area contributed by atoms with E-state index < -0.39 is 5.97 Å². The number of methoxy groups -OCH3 is 1. The van der Waals surface area contributed by atoms with E-state index in [0.29, 0.717) is 24.5 Å². The number of piperidine rings is 1. The molecule has 8 heteroatoms. The van der Waals surface area contributed by atoms with E-state index in [1.165, 1.54) is 31.9 Å². The fraction of sp³-hybridized carbons (Fsp3) is 0.462. The number of urea groups is 1. The van der Waals surface area contributed by atoms with E-state index in [1.807, 2.05) is 4.90 Å². The Morgan fingerprint density at radius 3 is 2.18 bits per heavy atom. The van der Waals surface area contributed by atoms with Crippen molar-refractivity contribution in [3.8, 4) is 5.75 Å². The van der Waals surface area contributed by atoms with E-state index in [-0.39, 0.29) is 12.6 Å². The molecule has 0 atom stereocenters. The minimum Gasteiger partial charge on any atom is -0.482 e. The van der Waals surface area contributed by atoms with Gasteiger partial charge in [-0.1, -0.05) is 30.3 Å². The minimum absolute atomic E-state index is 0.0931. The Balaban J connectivity index is 1.17. The van der Waals surface area contributed by atoms with E-state index >= 15 is 0 Å². The monoisotopic (exact) mass is 466 g/mol. The van der Waals surface area contributed by atoms with Crippen molar-refractivity contribution in [2.75, 3.05) is 58.3 Å². The number of benzene rings is 2. The van der Waals surface area contributed by atoms with Crippen molar-refractivity contribution in [3.05, 3.63) is 60.2 Å². The van der Waals surface area contributed by atoms with Crippen molar-refractivity contribution < 1.29 is 19.1 Å². The molecule has 2 amide bonds. The molecular formula is C26H34N4O4. The fourth-order valence-electron chi connectivity index (χ4n) is 4.57. The molecule has 2 fully saturated rings. The molecule has 0 bridgehead atoms. The lowest BCUT2D eigenvalue weighted by Gasteiger charge is -2.44. The van der Waals surface area contributed by atoms with Gasteiger partial charge in [0.25, 0.3) is 0 Å². The largest absolute Gasteiger partial charge is 0.482 e. The zero-order valence-electron chi connectivity index (χ0n) is 19.8. The van der Waals surface area contributed by atoms with Gasteiger partial charge in [0.2, 0.25) is 0 Å². The van der Waals surface area contributed by atoms with Gasteiger partial charge in [0, 0.05) is 45.0 Å². The molecule has 2 aliphatic rings. The van der Waals surface area contributed by atoms with Crippen molar-refractivity contribution in [1.29, 1.82) is 0 Å². The number of rotatable bonds is 7. The number of nitrogens with one attached hydrogen (secondary N) is 1. The maximum Gasteiger partial charge on any atom is 0.343 e. The highest BCUT2D eigenvalue weighted by atomic mass is 16.6. The van der Waals surface area contributed by atoms with Gasteiger partial charge in [0.15, 0.2) is 6.61 Å². The number of hydrogen-bond donors (Lipinski definition) is 1. The van der Waals surface area contributed by atoms with Crippen LogP contribution >= 0.6 is 0 Å². The van der Waals surface area contributed by atoms with Gasteiger partial charge in [0.05, 0.1) is 7.11 Å². The Bertz CT molecular complexity index is 922. The predicted molar refractivity (Wildman–Crippen MR) is 131 cm³/mol. The highest BCUT2D eigenvalue weighted by Gasteiger charge is 2.28. The van der Waals surface area contributed by atoms with Crippen LogP contribution in [0.1, 0.15) is 18.4 Å². The van der Waals surface area contributed by atoms with E-state index in [9.17, 15) is 9.59 Å². The van der Waals surface area contributed by atoms with E-state index in [0.717, 1.165) is 32.1 Å². The number of hydrazine groups is 1. The summed E-state index contributed by atoms with van der Waals surface area (Å²) in [4.78, 5) is 25.7. The highest BCUT2D eigenvalue weighted by Crippen LogP contribution is 2.23. The van der Waals surface area contributed by atoms with Crippen LogP contribution < -0.4 is 10.1 Å². The Labute approximate surface area is 201 Å². The first kappa shape index (κ1) is 24.0. The summed E-state index contributed by atoms with van der Waals surface area (Å²) in [6.07, 6.45) is 3.60. The fourth-order valence-corrected chi connectivity index (χ4v) is 4.57. The van der Waals surface area contributed by atoms with E-state index in [2.05, 4.69) is 50.4 Å². The van der Waals surface area contributed by atoms with Gasteiger partial charge < -0.3 is 19.7 Å². The Kier molecular flexibility index (Phi) is 8.38. The van der Waals surface area contributed by atoms with Gasteiger partial charge in [-0.2, -0.15) is 0 Å². The van der Waals surface area contributed by atoms with Crippen molar-refractivity contribution in [2.45, 2.75) is 19.3 Å². The number of carbonyl (C=O) groups excluding carboxylic acids is 2. The second-order valence-electron chi connectivity index (χ2n) is 8.85. The molecule has 1 N–H and O–H groups in total. The summed E-state index contributed by atoms with van der Waals surface area (Å²) < 4.78 is 9.89. The molecule has 0 unspecified atom stereocenters. The lowest BCUT2D eigenvalue weighted by Crippen LogP contribution is -2.57. The maximum absolute atomic E-state index is 12.7. The van der Waals surface area contributed by atoms with Crippen LogP contribution in [0.5, 0.6) is 5.75 Å². The molecule has 8 nitrogen and oxygen atoms in total. The molecule has 2 saturated heterocycles. The number of nitrogens with zero attached hydrogens (tertiary/aromatic N) is 3. The molecular weight excluding hydrogens is 432 g/mol. The zero-order chi connectivity index (χ0) is 23.8. The summed E-state index contributed by atoms with van der Waals surface area (Å²) >= 11 is 0. The predicted octanol–water partition coefficient (Wildman–Crippen LogP) is 3.26. The van der Waals surface area contributed by atoms with Gasteiger partial charge in [-0.25, -0.2) is 19.6 Å². The first-order valence-electron chi connectivity index (χ1n) is 12.0. The van der Waals surface area contributed by atoms with Crippen molar-refractivity contribution in [2.24, 2.45) is 5.92 Å². The number of ether oxygens (including phenoxy) is 2. The average Bonchev–Trinajstić information content (AvgIpc) is 2.89. The zero-order valence-corrected chi connectivity index (χ0v) is 19.8. The van der Waals surface area contributed by atoms with E-state index in [4.69, 9.17) is 4.74 Å². The number of amides is 2. The van der Waals surface area contributed by atoms with Crippen LogP contribution in [0.15, 0.2) is 54.6 Å². The Hall–Kier alpha value is -3.10. The summed E-state index contributed by atoms with van der Waals surface area (Å²) in [5, 5.41) is 7.83. The molecule has 0 radical (unpaired) electrons. The number of esters is 1. The van der Waals surface area contributed by atoms with Crippen LogP contribution in [0, 0.1) is 5.92 Å². The third kappa shape index (κ3) is 6.71. The van der Waals surface area contributed by atoms with Gasteiger partial charge in [-0.05, 0) is 55.0 Å². The molecule has 4 rings (SSSR count). The van der Waals surface area contributed by atoms with Gasteiger partial charge in [-0.3, -0.25) is 0 Å². The van der Waals surface area contributed by atoms with Crippen LogP contribution in [0.3, 0.4) is 0 Å². The molecule has 2 aromatic carbocycles. The van der Waals surface area contributed by atoms with Crippen LogP contribution in [0.25, 0.3) is 0 Å². The number of carbonyl (C=O) groups is 2. The second-order valence-corrected chi connectivity index (χ2v) is 8.85. The van der Waals surface area contributed by atoms with Crippen molar-refractivity contribution >= 4 is 17.7 Å². The Morgan fingerprint density at radius 1 is 0.882 bits per heavy atom. The summed E-state index contributed by atoms with van der Waals surface area (Å²) in [7, 11) is 1.32.